The highest BCUT2D eigenvalue weighted by molar-refractivity contribution is 5.90. The zero-order valence-electron chi connectivity index (χ0n) is 13.6. The summed E-state index contributed by atoms with van der Waals surface area (Å²) in [7, 11) is 0. The van der Waals surface area contributed by atoms with Crippen LogP contribution in [0.15, 0.2) is 22.8 Å². The van der Waals surface area contributed by atoms with Crippen molar-refractivity contribution in [1.82, 2.24) is 15.2 Å². The summed E-state index contributed by atoms with van der Waals surface area (Å²) in [6, 6.07) is 4.01. The van der Waals surface area contributed by atoms with Crippen LogP contribution in [0.5, 0.6) is 0 Å². The fraction of sp³-hybridized carbons (Fsp3) is 0.529. The maximum absolute atomic E-state index is 8.97. The third-order valence-electron chi connectivity index (χ3n) is 4.70. The Labute approximate surface area is 140 Å². The van der Waals surface area contributed by atoms with Gasteiger partial charge in [0.2, 0.25) is 0 Å². The van der Waals surface area contributed by atoms with Crippen LogP contribution in [0.2, 0.25) is 0 Å². The number of aliphatic hydroxyl groups is 1. The minimum absolute atomic E-state index is 0.0236. The van der Waals surface area contributed by atoms with Crippen molar-refractivity contribution in [2.45, 2.75) is 0 Å². The van der Waals surface area contributed by atoms with Gasteiger partial charge in [0.1, 0.15) is 5.52 Å². The monoisotopic (exact) mass is 330 g/mol. The summed E-state index contributed by atoms with van der Waals surface area (Å²) < 4.78 is 10.3. The van der Waals surface area contributed by atoms with Gasteiger partial charge in [0, 0.05) is 38.6 Å². The number of rotatable bonds is 5. The summed E-state index contributed by atoms with van der Waals surface area (Å²) in [5.74, 6) is 0.676. The number of aliphatic hydroxyl groups excluding tert-OH is 1. The van der Waals surface area contributed by atoms with Crippen LogP contribution in [0.3, 0.4) is 0 Å². The number of anilines is 1. The first-order valence-corrected chi connectivity index (χ1v) is 8.42. The van der Waals surface area contributed by atoms with Crippen molar-refractivity contribution in [1.29, 1.82) is 0 Å². The van der Waals surface area contributed by atoms with Gasteiger partial charge < -0.3 is 14.7 Å². The van der Waals surface area contributed by atoms with E-state index in [0.717, 1.165) is 68.2 Å². The molecule has 0 amide bonds. The Kier molecular flexibility index (Phi) is 4.46. The lowest BCUT2D eigenvalue weighted by Gasteiger charge is -2.43. The Morgan fingerprint density at radius 1 is 1.21 bits per heavy atom. The first kappa shape index (κ1) is 15.6. The van der Waals surface area contributed by atoms with E-state index in [1.54, 1.807) is 6.08 Å². The Hall–Kier alpha value is -1.96. The summed E-state index contributed by atoms with van der Waals surface area (Å²) in [4.78, 5) is 4.81. The number of aromatic nitrogens is 2. The fourth-order valence-corrected chi connectivity index (χ4v) is 3.45. The number of hydrogen-bond acceptors (Lipinski definition) is 7. The number of nitrogens with zero attached hydrogens (tertiary/aromatic N) is 4. The van der Waals surface area contributed by atoms with Gasteiger partial charge in [0.05, 0.1) is 25.5 Å². The molecule has 0 spiro atoms. The minimum atomic E-state index is 0.0236. The number of morpholine rings is 1. The van der Waals surface area contributed by atoms with Gasteiger partial charge in [-0.3, -0.25) is 4.90 Å². The molecule has 0 saturated carbocycles. The van der Waals surface area contributed by atoms with E-state index in [1.165, 1.54) is 0 Å². The average Bonchev–Trinajstić information content (AvgIpc) is 3.05. The molecule has 1 aromatic carbocycles. The molecule has 4 rings (SSSR count). The van der Waals surface area contributed by atoms with Gasteiger partial charge in [0.15, 0.2) is 5.52 Å². The molecule has 0 atom stereocenters. The van der Waals surface area contributed by atoms with E-state index in [1.807, 2.05) is 12.1 Å². The van der Waals surface area contributed by atoms with Crippen molar-refractivity contribution in [3.63, 3.8) is 0 Å². The molecule has 24 heavy (non-hydrogen) atoms. The molecule has 7 heteroatoms. The Balaban J connectivity index is 1.46. The predicted molar refractivity (Wildman–Crippen MR) is 90.9 cm³/mol. The van der Waals surface area contributed by atoms with Gasteiger partial charge in [-0.15, -0.1) is 0 Å². The maximum atomic E-state index is 8.97. The van der Waals surface area contributed by atoms with Gasteiger partial charge in [-0.2, -0.15) is 0 Å². The highest BCUT2D eigenvalue weighted by atomic mass is 16.6. The summed E-state index contributed by atoms with van der Waals surface area (Å²) in [5.41, 5.74) is 3.62. The van der Waals surface area contributed by atoms with E-state index in [2.05, 4.69) is 26.2 Å². The molecule has 7 nitrogen and oxygen atoms in total. The molecule has 2 saturated heterocycles. The Morgan fingerprint density at radius 2 is 2.04 bits per heavy atom. The van der Waals surface area contributed by atoms with Crippen LogP contribution in [0.25, 0.3) is 17.1 Å². The van der Waals surface area contributed by atoms with Crippen molar-refractivity contribution in [2.24, 2.45) is 5.92 Å². The third-order valence-corrected chi connectivity index (χ3v) is 4.70. The summed E-state index contributed by atoms with van der Waals surface area (Å²) >= 11 is 0. The second-order valence-corrected chi connectivity index (χ2v) is 6.44. The van der Waals surface area contributed by atoms with E-state index in [0.29, 0.717) is 5.92 Å². The van der Waals surface area contributed by atoms with Gasteiger partial charge in [-0.25, -0.2) is 4.63 Å². The second kappa shape index (κ2) is 6.88. The topological polar surface area (TPSA) is 74.9 Å². The van der Waals surface area contributed by atoms with Crippen molar-refractivity contribution in [3.8, 4) is 0 Å². The van der Waals surface area contributed by atoms with E-state index < -0.39 is 0 Å². The maximum Gasteiger partial charge on any atom is 0.158 e. The highest BCUT2D eigenvalue weighted by Gasteiger charge is 2.31. The highest BCUT2D eigenvalue weighted by Crippen LogP contribution is 2.32. The first-order chi connectivity index (χ1) is 11.8. The largest absolute Gasteiger partial charge is 0.392 e. The smallest absolute Gasteiger partial charge is 0.158 e. The molecular formula is C17H22N4O3. The van der Waals surface area contributed by atoms with Crippen molar-refractivity contribution in [3.05, 3.63) is 23.8 Å². The normalized spacial score (nSPS) is 20.1. The fourth-order valence-electron chi connectivity index (χ4n) is 3.45. The van der Waals surface area contributed by atoms with Crippen molar-refractivity contribution >= 4 is 22.8 Å². The molecule has 2 fully saturated rings. The lowest BCUT2D eigenvalue weighted by atomic mass is 9.97. The van der Waals surface area contributed by atoms with Crippen LogP contribution in [0.1, 0.15) is 5.56 Å². The van der Waals surface area contributed by atoms with Crippen LogP contribution in [-0.2, 0) is 4.74 Å². The Bertz CT molecular complexity index is 718. The van der Waals surface area contributed by atoms with Crippen LogP contribution in [0.4, 0.5) is 5.69 Å². The lowest BCUT2D eigenvalue weighted by Crippen LogP contribution is -2.53. The molecule has 0 aliphatic carbocycles. The summed E-state index contributed by atoms with van der Waals surface area (Å²) in [6.45, 7) is 6.96. The molecule has 2 aliphatic rings. The van der Waals surface area contributed by atoms with Crippen LogP contribution in [0, 0.1) is 5.92 Å². The van der Waals surface area contributed by atoms with Crippen LogP contribution >= 0.6 is 0 Å². The van der Waals surface area contributed by atoms with Gasteiger partial charge in [0.25, 0.3) is 0 Å². The van der Waals surface area contributed by atoms with Gasteiger partial charge in [-0.1, -0.05) is 12.2 Å². The molecule has 0 bridgehead atoms. The van der Waals surface area contributed by atoms with Crippen LogP contribution in [-0.4, -0.2) is 72.9 Å². The molecule has 3 heterocycles. The zero-order valence-corrected chi connectivity index (χ0v) is 13.6. The first-order valence-electron chi connectivity index (χ1n) is 8.42. The third kappa shape index (κ3) is 3.15. The molecule has 128 valence electrons. The summed E-state index contributed by atoms with van der Waals surface area (Å²) in [5, 5.41) is 17.0. The van der Waals surface area contributed by atoms with E-state index in [-0.39, 0.29) is 6.61 Å². The number of fused-ring (bicyclic) bond motifs is 1. The number of ether oxygens (including phenoxy) is 1. The molecule has 2 aromatic rings. The SMILES string of the molecule is OC/C=C/c1cc(N2CC(CN3CCOCC3)C2)c2nonc2c1. The van der Waals surface area contributed by atoms with Gasteiger partial charge >= 0.3 is 0 Å². The van der Waals surface area contributed by atoms with Crippen molar-refractivity contribution in [2.75, 3.05) is 57.4 Å². The molecule has 2 aliphatic heterocycles. The van der Waals surface area contributed by atoms with Gasteiger partial charge in [-0.05, 0) is 28.0 Å². The Morgan fingerprint density at radius 3 is 2.83 bits per heavy atom. The second-order valence-electron chi connectivity index (χ2n) is 6.44. The predicted octanol–water partition coefficient (Wildman–Crippen LogP) is 0.997. The standard InChI is InChI=1S/C17H22N4O3/c22-5-1-2-13-8-15-17(19-24-18-15)16(9-13)21-11-14(12-21)10-20-3-6-23-7-4-20/h1-2,8-9,14,22H,3-7,10-12H2/b2-1+. The van der Waals surface area contributed by atoms with E-state index in [9.17, 15) is 0 Å². The van der Waals surface area contributed by atoms with E-state index in [4.69, 9.17) is 14.5 Å². The molecule has 0 radical (unpaired) electrons. The number of hydrogen-bond donors (Lipinski definition) is 1. The van der Waals surface area contributed by atoms with Crippen LogP contribution < -0.4 is 4.90 Å². The van der Waals surface area contributed by atoms with E-state index >= 15 is 0 Å². The zero-order chi connectivity index (χ0) is 16.4. The molecular weight excluding hydrogens is 308 g/mol. The quantitative estimate of drug-likeness (QED) is 0.876. The summed E-state index contributed by atoms with van der Waals surface area (Å²) in [6.07, 6.45) is 3.61. The molecule has 1 aromatic heterocycles. The minimum Gasteiger partial charge on any atom is -0.392 e. The number of benzene rings is 1. The molecule has 0 unspecified atom stereocenters. The molecule has 1 N–H and O–H groups in total. The lowest BCUT2D eigenvalue weighted by molar-refractivity contribution is 0.0286. The average molecular weight is 330 g/mol. The van der Waals surface area contributed by atoms with Crippen molar-refractivity contribution < 1.29 is 14.5 Å².